The van der Waals surface area contributed by atoms with Gasteiger partial charge in [0.15, 0.2) is 0 Å². The Labute approximate surface area is 149 Å². The fourth-order valence-electron chi connectivity index (χ4n) is 4.12. The summed E-state index contributed by atoms with van der Waals surface area (Å²) in [5.74, 6) is 11.6. The van der Waals surface area contributed by atoms with Crippen LogP contribution in [0.2, 0.25) is 0 Å². The van der Waals surface area contributed by atoms with Gasteiger partial charge in [-0.1, -0.05) is 29.8 Å². The molecule has 2 aliphatic rings. The number of aryl methyl sites for hydroxylation is 1. The van der Waals surface area contributed by atoms with Gasteiger partial charge in [-0.15, -0.1) is 5.10 Å². The molecule has 0 bridgehead atoms. The summed E-state index contributed by atoms with van der Waals surface area (Å²) in [6, 6.07) is 8.65. The van der Waals surface area contributed by atoms with Gasteiger partial charge in [0.25, 0.3) is 0 Å². The molecule has 5 N–H and O–H groups in total. The minimum absolute atomic E-state index is 0.161. The van der Waals surface area contributed by atoms with E-state index in [4.69, 9.17) is 11.7 Å². The lowest BCUT2D eigenvalue weighted by atomic mass is 9.56. The summed E-state index contributed by atoms with van der Waals surface area (Å²) in [5, 5.41) is 7.34. The van der Waals surface area contributed by atoms with Crippen LogP contribution in [0.15, 0.2) is 29.4 Å². The fraction of sp³-hybridized carbons (Fsp3) is 0.556. The summed E-state index contributed by atoms with van der Waals surface area (Å²) in [4.78, 5) is 14.1. The van der Waals surface area contributed by atoms with Crippen LogP contribution < -0.4 is 17.0 Å². The molecule has 136 valence electrons. The Balaban J connectivity index is 1.51. The quantitative estimate of drug-likeness (QED) is 0.312. The number of hydrogen-bond donors (Lipinski definition) is 3. The number of amides is 2. The van der Waals surface area contributed by atoms with Crippen molar-refractivity contribution in [3.63, 3.8) is 0 Å². The Morgan fingerprint density at radius 3 is 2.60 bits per heavy atom. The van der Waals surface area contributed by atoms with E-state index in [9.17, 15) is 4.79 Å². The van der Waals surface area contributed by atoms with Gasteiger partial charge in [0.05, 0.1) is 0 Å². The van der Waals surface area contributed by atoms with Crippen LogP contribution in [-0.4, -0.2) is 42.0 Å². The smallest absolute Gasteiger partial charge is 0.324 e. The number of benzene rings is 1. The summed E-state index contributed by atoms with van der Waals surface area (Å²) in [6.45, 7) is 3.67. The third-order valence-corrected chi connectivity index (χ3v) is 5.66. The maximum atomic E-state index is 12.3. The maximum Gasteiger partial charge on any atom is 0.324 e. The molecule has 1 aromatic carbocycles. The van der Waals surface area contributed by atoms with Crippen molar-refractivity contribution in [3.05, 3.63) is 35.4 Å². The van der Waals surface area contributed by atoms with Gasteiger partial charge in [-0.05, 0) is 49.5 Å². The average molecular weight is 344 g/mol. The highest BCUT2D eigenvalue weighted by Gasteiger charge is 2.46. The van der Waals surface area contributed by atoms with Crippen molar-refractivity contribution in [3.8, 4) is 0 Å². The van der Waals surface area contributed by atoms with Gasteiger partial charge in [0.1, 0.15) is 0 Å². The molecule has 3 rings (SSSR count). The molecule has 2 amide bonds. The molecular weight excluding hydrogens is 316 g/mol. The van der Waals surface area contributed by atoms with Crippen molar-refractivity contribution >= 4 is 12.0 Å². The van der Waals surface area contributed by atoms with E-state index < -0.39 is 0 Å². The highest BCUT2D eigenvalue weighted by molar-refractivity contribution is 5.95. The predicted octanol–water partition coefficient (Wildman–Crippen LogP) is 1.70. The van der Waals surface area contributed by atoms with Crippen molar-refractivity contribution in [2.24, 2.45) is 22.2 Å². The van der Waals surface area contributed by atoms with Crippen LogP contribution in [0.5, 0.6) is 0 Å². The van der Waals surface area contributed by atoms with Crippen molar-refractivity contribution in [2.75, 3.05) is 20.1 Å². The van der Waals surface area contributed by atoms with Crippen LogP contribution in [-0.2, 0) is 0 Å². The molecule has 0 unspecified atom stereocenters. The van der Waals surface area contributed by atoms with Crippen LogP contribution in [0.4, 0.5) is 4.79 Å². The number of carbonyl (C=O) groups is 1. The second-order valence-corrected chi connectivity index (χ2v) is 7.50. The molecule has 1 aromatic rings. The Morgan fingerprint density at radius 1 is 1.36 bits per heavy atom. The lowest BCUT2D eigenvalue weighted by Crippen LogP contribution is -2.54. The molecule has 7 heteroatoms. The van der Waals surface area contributed by atoms with Gasteiger partial charge < -0.3 is 10.7 Å². The third-order valence-electron chi connectivity index (χ3n) is 5.66. The number of guanidine groups is 1. The minimum atomic E-state index is -0.189. The zero-order valence-electron chi connectivity index (χ0n) is 15.0. The van der Waals surface area contributed by atoms with E-state index in [0.717, 1.165) is 25.9 Å². The maximum absolute atomic E-state index is 12.3. The number of rotatable bonds is 1. The van der Waals surface area contributed by atoms with Gasteiger partial charge in [0.2, 0.25) is 5.96 Å². The standard InChI is InChI=1S/C18H28N6O/c1-13-4-3-5-14(10-13)15-11-18(12-15)6-8-24(9-7-18)17(25)21-16(22-19)23(2)20/h3-5,10,15H,6-9,11-12,19-20H2,1-2H3,(H,21,22,25). The molecule has 1 aliphatic heterocycles. The monoisotopic (exact) mass is 344 g/mol. The number of likely N-dealkylation sites (tertiary alicyclic amines) is 1. The minimum Gasteiger partial charge on any atom is -0.324 e. The lowest BCUT2D eigenvalue weighted by Gasteiger charge is -2.52. The number of nitrogens with one attached hydrogen (secondary N) is 1. The first-order valence-electron chi connectivity index (χ1n) is 8.81. The Bertz CT molecular complexity index is 655. The zero-order chi connectivity index (χ0) is 18.0. The number of hydrazine groups is 1. The molecule has 0 atom stereocenters. The van der Waals surface area contributed by atoms with Crippen LogP contribution in [0.25, 0.3) is 0 Å². The van der Waals surface area contributed by atoms with Crippen molar-refractivity contribution < 1.29 is 4.79 Å². The van der Waals surface area contributed by atoms with Gasteiger partial charge in [0, 0.05) is 20.1 Å². The number of hydrazone groups is 1. The second-order valence-electron chi connectivity index (χ2n) is 7.50. The fourth-order valence-corrected chi connectivity index (χ4v) is 4.12. The SMILES string of the molecule is Cc1cccc(C2CC3(CCN(C(=O)N/C(=N/N)N(C)N)CC3)C2)c1. The molecule has 0 radical (unpaired) electrons. The number of urea groups is 1. The van der Waals surface area contributed by atoms with E-state index in [1.807, 2.05) is 4.90 Å². The Morgan fingerprint density at radius 2 is 2.04 bits per heavy atom. The van der Waals surface area contributed by atoms with Gasteiger partial charge in [-0.3, -0.25) is 10.3 Å². The van der Waals surface area contributed by atoms with Crippen LogP contribution >= 0.6 is 0 Å². The summed E-state index contributed by atoms with van der Waals surface area (Å²) >= 11 is 0. The normalized spacial score (nSPS) is 20.3. The molecule has 1 aliphatic carbocycles. The van der Waals surface area contributed by atoms with E-state index in [1.54, 1.807) is 7.05 Å². The van der Waals surface area contributed by atoms with Gasteiger partial charge >= 0.3 is 6.03 Å². The number of nitrogens with two attached hydrogens (primary N) is 2. The summed E-state index contributed by atoms with van der Waals surface area (Å²) in [7, 11) is 1.58. The Hall–Kier alpha value is -2.28. The molecule has 1 saturated carbocycles. The molecule has 2 fully saturated rings. The summed E-state index contributed by atoms with van der Waals surface area (Å²) in [5.41, 5.74) is 3.19. The molecule has 1 saturated heterocycles. The lowest BCUT2D eigenvalue weighted by molar-refractivity contribution is 0.0277. The second kappa shape index (κ2) is 6.92. The summed E-state index contributed by atoms with van der Waals surface area (Å²) in [6.07, 6.45) is 4.56. The molecule has 1 spiro atoms. The van der Waals surface area contributed by atoms with Crippen molar-refractivity contribution in [1.82, 2.24) is 15.2 Å². The van der Waals surface area contributed by atoms with Crippen molar-refractivity contribution in [2.45, 2.75) is 38.5 Å². The number of piperidine rings is 1. The highest BCUT2D eigenvalue weighted by Crippen LogP contribution is 2.56. The van der Waals surface area contributed by atoms with E-state index in [2.05, 4.69) is 41.6 Å². The van der Waals surface area contributed by atoms with Crippen LogP contribution in [0.1, 0.15) is 42.7 Å². The summed E-state index contributed by atoms with van der Waals surface area (Å²) < 4.78 is 0. The molecule has 7 nitrogen and oxygen atoms in total. The highest BCUT2D eigenvalue weighted by atomic mass is 16.2. The molecular formula is C18H28N6O. The first-order valence-corrected chi connectivity index (χ1v) is 8.81. The largest absolute Gasteiger partial charge is 0.324 e. The van der Waals surface area contributed by atoms with E-state index in [-0.39, 0.29) is 12.0 Å². The number of nitrogens with zero attached hydrogens (tertiary/aromatic N) is 3. The van der Waals surface area contributed by atoms with E-state index in [1.165, 1.54) is 29.0 Å². The van der Waals surface area contributed by atoms with Gasteiger partial charge in [-0.25, -0.2) is 10.6 Å². The third kappa shape index (κ3) is 3.71. The van der Waals surface area contributed by atoms with E-state index >= 15 is 0 Å². The van der Waals surface area contributed by atoms with Crippen LogP contribution in [0.3, 0.4) is 0 Å². The van der Waals surface area contributed by atoms with E-state index in [0.29, 0.717) is 11.3 Å². The molecule has 25 heavy (non-hydrogen) atoms. The van der Waals surface area contributed by atoms with Gasteiger partial charge in [-0.2, -0.15) is 0 Å². The predicted molar refractivity (Wildman–Crippen MR) is 98.5 cm³/mol. The first kappa shape index (κ1) is 17.5. The number of carbonyl (C=O) groups excluding carboxylic acids is 1. The molecule has 0 aromatic heterocycles. The van der Waals surface area contributed by atoms with Crippen LogP contribution in [0, 0.1) is 12.3 Å². The average Bonchev–Trinajstić information content (AvgIpc) is 2.57. The van der Waals surface area contributed by atoms with Crippen molar-refractivity contribution in [1.29, 1.82) is 0 Å². The zero-order valence-corrected chi connectivity index (χ0v) is 15.0. The molecule has 1 heterocycles. The first-order chi connectivity index (χ1) is 11.9. The topological polar surface area (TPSA) is 100.0 Å². The number of hydrogen-bond acceptors (Lipinski definition) is 4. The Kier molecular flexibility index (Phi) is 4.85.